The average Bonchev–Trinajstić information content (AvgIpc) is 2.06. The van der Waals surface area contributed by atoms with Crippen molar-refractivity contribution in [3.63, 3.8) is 0 Å². The summed E-state index contributed by atoms with van der Waals surface area (Å²) in [4.78, 5) is 0. The van der Waals surface area contributed by atoms with Crippen LogP contribution in [0.3, 0.4) is 0 Å². The van der Waals surface area contributed by atoms with Crippen molar-refractivity contribution in [2.75, 3.05) is 0 Å². The van der Waals surface area contributed by atoms with Crippen LogP contribution in [-0.4, -0.2) is 11.4 Å². The molecule has 2 nitrogen and oxygen atoms in total. The second-order valence-corrected chi connectivity index (χ2v) is 3.63. The topological polar surface area (TPSA) is 32.6 Å². The molecule has 0 amide bonds. The molecule has 0 radical (unpaired) electrons. The van der Waals surface area contributed by atoms with Crippen LogP contribution in [0.2, 0.25) is 0 Å². The van der Waals surface area contributed by atoms with Gasteiger partial charge < -0.3 is 5.21 Å². The smallest absolute Gasteiger partial charge is 0.0464 e. The minimum absolute atomic E-state index is 0.409. The summed E-state index contributed by atoms with van der Waals surface area (Å²) in [6, 6.07) is 0. The van der Waals surface area contributed by atoms with E-state index in [1.165, 1.54) is 19.3 Å². The summed E-state index contributed by atoms with van der Waals surface area (Å²) in [5.41, 5.74) is 0. The Bertz CT molecular complexity index is 175. The number of hydrogen-bond donors (Lipinski definition) is 1. The van der Waals surface area contributed by atoms with Gasteiger partial charge in [0.1, 0.15) is 0 Å². The summed E-state index contributed by atoms with van der Waals surface area (Å²) < 4.78 is 0. The zero-order chi connectivity index (χ0) is 8.81. The lowest BCUT2D eigenvalue weighted by molar-refractivity contribution is 0.315. The molecule has 12 heavy (non-hydrogen) atoms. The first kappa shape index (κ1) is 9.30. The zero-order valence-corrected chi connectivity index (χ0v) is 7.61. The van der Waals surface area contributed by atoms with Crippen LogP contribution in [0, 0.1) is 11.8 Å². The zero-order valence-electron chi connectivity index (χ0n) is 7.61. The first-order chi connectivity index (χ1) is 5.83. The van der Waals surface area contributed by atoms with Gasteiger partial charge in [0.05, 0.1) is 0 Å². The van der Waals surface area contributed by atoms with Crippen LogP contribution in [0.15, 0.2) is 17.3 Å². The summed E-state index contributed by atoms with van der Waals surface area (Å²) in [7, 11) is 0. The maximum absolute atomic E-state index is 8.32. The van der Waals surface area contributed by atoms with E-state index >= 15 is 0 Å². The second-order valence-electron chi connectivity index (χ2n) is 3.63. The van der Waals surface area contributed by atoms with Crippen LogP contribution < -0.4 is 0 Å². The molecular formula is C10H17NO. The Hall–Kier alpha value is -0.790. The number of nitrogens with zero attached hydrogens (tertiary/aromatic N) is 1. The highest BCUT2D eigenvalue weighted by molar-refractivity contribution is 5.59. The summed E-state index contributed by atoms with van der Waals surface area (Å²) in [5.74, 6) is 1.20. The van der Waals surface area contributed by atoms with Gasteiger partial charge in [0, 0.05) is 6.21 Å². The highest BCUT2D eigenvalue weighted by Crippen LogP contribution is 2.24. The van der Waals surface area contributed by atoms with Crippen molar-refractivity contribution in [3.8, 4) is 0 Å². The number of hydrogen-bond acceptors (Lipinski definition) is 2. The lowest BCUT2D eigenvalue weighted by Crippen LogP contribution is -2.08. The fourth-order valence-electron chi connectivity index (χ4n) is 1.77. The third kappa shape index (κ3) is 3.07. The molecule has 1 rings (SSSR count). The normalized spacial score (nSPS) is 26.2. The van der Waals surface area contributed by atoms with Crippen LogP contribution in [0.1, 0.15) is 32.6 Å². The van der Waals surface area contributed by atoms with Crippen LogP contribution in [0.25, 0.3) is 0 Å². The van der Waals surface area contributed by atoms with E-state index in [1.54, 1.807) is 6.21 Å². The molecular weight excluding hydrogens is 150 g/mol. The van der Waals surface area contributed by atoms with E-state index in [2.05, 4.69) is 24.2 Å². The first-order valence-corrected chi connectivity index (χ1v) is 4.65. The molecule has 68 valence electrons. The van der Waals surface area contributed by atoms with Crippen molar-refractivity contribution in [3.05, 3.63) is 12.2 Å². The molecule has 1 N–H and O–H groups in total. The molecule has 0 aliphatic heterocycles. The quantitative estimate of drug-likeness (QED) is 0.298. The third-order valence-electron chi connectivity index (χ3n) is 2.40. The summed E-state index contributed by atoms with van der Waals surface area (Å²) >= 11 is 0. The predicted molar refractivity (Wildman–Crippen MR) is 50.5 cm³/mol. The van der Waals surface area contributed by atoms with Gasteiger partial charge in [-0.25, -0.2) is 0 Å². The van der Waals surface area contributed by atoms with Gasteiger partial charge in [-0.15, -0.1) is 5.16 Å². The minimum atomic E-state index is 0.409. The molecule has 2 unspecified atom stereocenters. The summed E-state index contributed by atoms with van der Waals surface area (Å²) in [5, 5.41) is 11.4. The van der Waals surface area contributed by atoms with Crippen molar-refractivity contribution in [1.29, 1.82) is 0 Å². The van der Waals surface area contributed by atoms with Gasteiger partial charge in [0.25, 0.3) is 0 Å². The maximum atomic E-state index is 8.32. The van der Waals surface area contributed by atoms with Crippen LogP contribution in [0.5, 0.6) is 0 Å². The van der Waals surface area contributed by atoms with Gasteiger partial charge in [-0.05, 0) is 37.5 Å². The van der Waals surface area contributed by atoms with E-state index in [4.69, 9.17) is 5.21 Å². The number of oxime groups is 1. The Morgan fingerprint density at radius 3 is 3.08 bits per heavy atom. The van der Waals surface area contributed by atoms with E-state index in [9.17, 15) is 0 Å². The molecule has 0 aromatic rings. The lowest BCUT2D eigenvalue weighted by atomic mass is 9.87. The Balaban J connectivity index is 2.25. The van der Waals surface area contributed by atoms with Gasteiger partial charge in [0.15, 0.2) is 0 Å². The predicted octanol–water partition coefficient (Wildman–Crippen LogP) is 2.83. The Morgan fingerprint density at radius 2 is 2.50 bits per heavy atom. The van der Waals surface area contributed by atoms with Gasteiger partial charge in [0.2, 0.25) is 0 Å². The monoisotopic (exact) mass is 167 g/mol. The Kier molecular flexibility index (Phi) is 3.85. The SMILES string of the molecule is CC(C=NO)CC1CC=CCC1. The van der Waals surface area contributed by atoms with Crippen molar-refractivity contribution in [2.45, 2.75) is 32.6 Å². The van der Waals surface area contributed by atoms with Crippen molar-refractivity contribution in [2.24, 2.45) is 17.0 Å². The van der Waals surface area contributed by atoms with Gasteiger partial charge in [-0.2, -0.15) is 0 Å². The third-order valence-corrected chi connectivity index (χ3v) is 2.40. The largest absolute Gasteiger partial charge is 0.411 e. The lowest BCUT2D eigenvalue weighted by Gasteiger charge is -2.19. The first-order valence-electron chi connectivity index (χ1n) is 4.65. The summed E-state index contributed by atoms with van der Waals surface area (Å²) in [6.45, 7) is 2.10. The van der Waals surface area contributed by atoms with Gasteiger partial charge >= 0.3 is 0 Å². The fraction of sp³-hybridized carbons (Fsp3) is 0.700. The second kappa shape index (κ2) is 4.96. The van der Waals surface area contributed by atoms with Gasteiger partial charge in [-0.1, -0.05) is 19.1 Å². The number of allylic oxidation sites excluding steroid dienone is 2. The van der Waals surface area contributed by atoms with Gasteiger partial charge in [-0.3, -0.25) is 0 Å². The molecule has 0 aromatic heterocycles. The highest BCUT2D eigenvalue weighted by atomic mass is 16.4. The molecule has 1 aliphatic rings. The Morgan fingerprint density at radius 1 is 1.67 bits per heavy atom. The van der Waals surface area contributed by atoms with Crippen molar-refractivity contribution < 1.29 is 5.21 Å². The average molecular weight is 167 g/mol. The molecule has 0 spiro atoms. The minimum Gasteiger partial charge on any atom is -0.411 e. The molecule has 0 fully saturated rings. The van der Waals surface area contributed by atoms with Crippen molar-refractivity contribution in [1.82, 2.24) is 0 Å². The standard InChI is InChI=1S/C10H17NO/c1-9(8-11-12)7-10-5-3-2-4-6-10/h2-3,8-10,12H,4-7H2,1H3. The molecule has 0 aromatic carbocycles. The van der Waals surface area contributed by atoms with Crippen molar-refractivity contribution >= 4 is 6.21 Å². The van der Waals surface area contributed by atoms with Crippen LogP contribution in [-0.2, 0) is 0 Å². The van der Waals surface area contributed by atoms with E-state index in [-0.39, 0.29) is 0 Å². The maximum Gasteiger partial charge on any atom is 0.0464 e. The fourth-order valence-corrected chi connectivity index (χ4v) is 1.77. The van der Waals surface area contributed by atoms with E-state index in [0.717, 1.165) is 12.3 Å². The Labute approximate surface area is 74.0 Å². The molecule has 2 atom stereocenters. The van der Waals surface area contributed by atoms with Crippen LogP contribution in [0.4, 0.5) is 0 Å². The molecule has 2 heteroatoms. The molecule has 0 bridgehead atoms. The van der Waals surface area contributed by atoms with E-state index < -0.39 is 0 Å². The van der Waals surface area contributed by atoms with Crippen LogP contribution >= 0.6 is 0 Å². The summed E-state index contributed by atoms with van der Waals surface area (Å²) in [6.07, 6.45) is 11.0. The molecule has 0 saturated carbocycles. The molecule has 1 aliphatic carbocycles. The van der Waals surface area contributed by atoms with E-state index in [0.29, 0.717) is 5.92 Å². The molecule has 0 heterocycles. The number of rotatable bonds is 3. The molecule has 0 saturated heterocycles. The highest BCUT2D eigenvalue weighted by Gasteiger charge is 2.12. The van der Waals surface area contributed by atoms with E-state index in [1.807, 2.05) is 0 Å².